The quantitative estimate of drug-likeness (QED) is 0.851. The van der Waals surface area contributed by atoms with Gasteiger partial charge >= 0.3 is 0 Å². The van der Waals surface area contributed by atoms with Crippen molar-refractivity contribution in [1.82, 2.24) is 9.80 Å². The number of nitrogens with two attached hydrogens (primary N) is 1. The van der Waals surface area contributed by atoms with Crippen LogP contribution in [-0.4, -0.2) is 55.4 Å². The first-order valence-corrected chi connectivity index (χ1v) is 8.44. The summed E-state index contributed by atoms with van der Waals surface area (Å²) in [5, 5.41) is 0. The molecule has 1 saturated heterocycles. The van der Waals surface area contributed by atoms with Gasteiger partial charge in [0.1, 0.15) is 6.29 Å². The van der Waals surface area contributed by atoms with E-state index >= 15 is 0 Å². The van der Waals surface area contributed by atoms with Gasteiger partial charge in [-0.2, -0.15) is 0 Å². The third-order valence-corrected chi connectivity index (χ3v) is 5.01. The smallest absolute Gasteiger partial charge is 0.138 e. The lowest BCUT2D eigenvalue weighted by Gasteiger charge is -2.52. The van der Waals surface area contributed by atoms with Crippen molar-refractivity contribution in [3.63, 3.8) is 0 Å². The number of carbonyl (C=O) groups is 1. The van der Waals surface area contributed by atoms with Crippen LogP contribution in [0.5, 0.6) is 0 Å². The van der Waals surface area contributed by atoms with E-state index in [-0.39, 0.29) is 11.6 Å². The molecule has 2 N–H and O–H groups in total. The summed E-state index contributed by atoms with van der Waals surface area (Å²) in [6.45, 7) is 2.88. The summed E-state index contributed by atoms with van der Waals surface area (Å²) >= 11 is 0. The van der Waals surface area contributed by atoms with Crippen LogP contribution < -0.4 is 5.73 Å². The van der Waals surface area contributed by atoms with Crippen LogP contribution >= 0.6 is 0 Å². The van der Waals surface area contributed by atoms with E-state index < -0.39 is 0 Å². The van der Waals surface area contributed by atoms with E-state index in [9.17, 15) is 4.79 Å². The fraction of sp³-hybridized carbons (Fsp3) is 0.350. The molecule has 1 aliphatic rings. The van der Waals surface area contributed by atoms with Crippen molar-refractivity contribution in [1.29, 1.82) is 0 Å². The summed E-state index contributed by atoms with van der Waals surface area (Å²) < 4.78 is 0. The Morgan fingerprint density at radius 1 is 1.04 bits per heavy atom. The molecule has 1 aliphatic heterocycles. The molecule has 3 rings (SSSR count). The number of carbonyl (C=O) groups excluding carboxylic acids is 1. The van der Waals surface area contributed by atoms with Gasteiger partial charge in [-0.05, 0) is 18.2 Å². The number of benzene rings is 2. The van der Waals surface area contributed by atoms with Crippen LogP contribution in [0.2, 0.25) is 0 Å². The second-order valence-corrected chi connectivity index (χ2v) is 6.46. The molecule has 2 aromatic carbocycles. The van der Waals surface area contributed by atoms with Crippen molar-refractivity contribution in [3.8, 4) is 0 Å². The number of rotatable bonds is 5. The van der Waals surface area contributed by atoms with Gasteiger partial charge in [-0.3, -0.25) is 4.90 Å². The Morgan fingerprint density at radius 3 is 2.04 bits per heavy atom. The third kappa shape index (κ3) is 2.88. The second-order valence-electron chi connectivity index (χ2n) is 6.46. The van der Waals surface area contributed by atoms with Gasteiger partial charge in [0.25, 0.3) is 0 Å². The Labute approximate surface area is 143 Å². The highest BCUT2D eigenvalue weighted by Gasteiger charge is 2.46. The maximum atomic E-state index is 11.7. The number of nitrogens with zero attached hydrogens (tertiary/aromatic N) is 2. The number of piperazine rings is 1. The first-order chi connectivity index (χ1) is 11.7. The number of hydrogen-bond acceptors (Lipinski definition) is 4. The second kappa shape index (κ2) is 7.26. The largest absolute Gasteiger partial charge is 0.328 e. The molecule has 1 fully saturated rings. The van der Waals surface area contributed by atoms with Gasteiger partial charge in [0.15, 0.2) is 0 Å². The van der Waals surface area contributed by atoms with E-state index in [1.54, 1.807) is 0 Å². The Bertz CT molecular complexity index is 620. The van der Waals surface area contributed by atoms with Gasteiger partial charge in [-0.15, -0.1) is 0 Å². The summed E-state index contributed by atoms with van der Waals surface area (Å²) in [6, 6.07) is 20.6. The van der Waals surface area contributed by atoms with Crippen molar-refractivity contribution in [2.45, 2.75) is 11.6 Å². The maximum absolute atomic E-state index is 11.7. The van der Waals surface area contributed by atoms with Crippen LogP contribution in [0.3, 0.4) is 0 Å². The third-order valence-electron chi connectivity index (χ3n) is 5.01. The van der Waals surface area contributed by atoms with Gasteiger partial charge in [0.2, 0.25) is 0 Å². The summed E-state index contributed by atoms with van der Waals surface area (Å²) in [4.78, 5) is 16.3. The molecular formula is C20H25N3O. The molecule has 0 spiro atoms. The van der Waals surface area contributed by atoms with Crippen LogP contribution in [0.25, 0.3) is 0 Å². The normalized spacial score (nSPS) is 19.8. The van der Waals surface area contributed by atoms with Crippen LogP contribution in [-0.2, 0) is 10.3 Å². The Hall–Kier alpha value is -2.01. The van der Waals surface area contributed by atoms with E-state index in [0.717, 1.165) is 25.9 Å². The zero-order chi connectivity index (χ0) is 17.0. The predicted molar refractivity (Wildman–Crippen MR) is 96.8 cm³/mol. The molecule has 1 heterocycles. The van der Waals surface area contributed by atoms with Gasteiger partial charge in [-0.25, -0.2) is 0 Å². The van der Waals surface area contributed by atoms with Gasteiger partial charge in [0.05, 0.1) is 11.6 Å². The fourth-order valence-corrected chi connectivity index (χ4v) is 3.84. The minimum Gasteiger partial charge on any atom is -0.328 e. The molecule has 0 aliphatic carbocycles. The topological polar surface area (TPSA) is 49.6 Å². The SMILES string of the molecule is CN1CCN(C(C=O)CN)C(c2ccccc2)(c2ccccc2)C1. The highest BCUT2D eigenvalue weighted by atomic mass is 16.1. The average Bonchev–Trinajstić information content (AvgIpc) is 2.65. The summed E-state index contributed by atoms with van der Waals surface area (Å²) in [5.41, 5.74) is 7.96. The molecular weight excluding hydrogens is 298 g/mol. The molecule has 4 nitrogen and oxygen atoms in total. The van der Waals surface area contributed by atoms with E-state index in [1.165, 1.54) is 11.1 Å². The fourth-order valence-electron chi connectivity index (χ4n) is 3.84. The molecule has 1 unspecified atom stereocenters. The van der Waals surface area contributed by atoms with E-state index in [0.29, 0.717) is 6.54 Å². The molecule has 4 heteroatoms. The molecule has 2 aromatic rings. The van der Waals surface area contributed by atoms with Crippen LogP contribution in [0.4, 0.5) is 0 Å². The zero-order valence-electron chi connectivity index (χ0n) is 14.1. The van der Waals surface area contributed by atoms with Gasteiger partial charge in [0, 0.05) is 26.2 Å². The standard InChI is InChI=1S/C20H25N3O/c1-22-12-13-23(19(14-21)15-24)20(16-22,17-8-4-2-5-9-17)18-10-6-3-7-11-18/h2-11,15,19H,12-14,16,21H2,1H3. The molecule has 1 atom stereocenters. The van der Waals surface area contributed by atoms with Crippen LogP contribution in [0, 0.1) is 0 Å². The number of likely N-dealkylation sites (N-methyl/N-ethyl adjacent to an activating group) is 1. The Morgan fingerprint density at radius 2 is 1.58 bits per heavy atom. The maximum Gasteiger partial charge on any atom is 0.138 e. The number of hydrogen-bond donors (Lipinski definition) is 1. The van der Waals surface area contributed by atoms with Crippen molar-refractivity contribution in [3.05, 3.63) is 71.8 Å². The van der Waals surface area contributed by atoms with Crippen molar-refractivity contribution < 1.29 is 4.79 Å². The van der Waals surface area contributed by atoms with Crippen molar-refractivity contribution in [2.75, 3.05) is 33.2 Å². The van der Waals surface area contributed by atoms with E-state index in [2.05, 4.69) is 65.4 Å². The highest BCUT2D eigenvalue weighted by Crippen LogP contribution is 2.39. The average molecular weight is 323 g/mol. The minimum absolute atomic E-state index is 0.292. The summed E-state index contributed by atoms with van der Waals surface area (Å²) in [6.07, 6.45) is 0.992. The van der Waals surface area contributed by atoms with Crippen molar-refractivity contribution >= 4 is 6.29 Å². The van der Waals surface area contributed by atoms with E-state index in [4.69, 9.17) is 5.73 Å². The molecule has 0 saturated carbocycles. The molecule has 0 amide bonds. The molecule has 0 aromatic heterocycles. The lowest BCUT2D eigenvalue weighted by atomic mass is 9.78. The zero-order valence-corrected chi connectivity index (χ0v) is 14.1. The highest BCUT2D eigenvalue weighted by molar-refractivity contribution is 5.59. The minimum atomic E-state index is -0.375. The van der Waals surface area contributed by atoms with Crippen molar-refractivity contribution in [2.24, 2.45) is 5.73 Å². The lowest BCUT2D eigenvalue weighted by Crippen LogP contribution is -2.64. The molecule has 24 heavy (non-hydrogen) atoms. The molecule has 126 valence electrons. The molecule has 0 radical (unpaired) electrons. The Balaban J connectivity index is 2.22. The summed E-state index contributed by atoms with van der Waals surface area (Å²) in [7, 11) is 2.14. The van der Waals surface area contributed by atoms with Crippen LogP contribution in [0.1, 0.15) is 11.1 Å². The monoisotopic (exact) mass is 323 g/mol. The number of aldehydes is 1. The predicted octanol–water partition coefficient (Wildman–Crippen LogP) is 1.70. The summed E-state index contributed by atoms with van der Waals surface area (Å²) in [5.74, 6) is 0. The van der Waals surface area contributed by atoms with Crippen LogP contribution in [0.15, 0.2) is 60.7 Å². The molecule has 0 bridgehead atoms. The lowest BCUT2D eigenvalue weighted by molar-refractivity contribution is -0.116. The first kappa shape index (κ1) is 16.8. The first-order valence-electron chi connectivity index (χ1n) is 8.44. The van der Waals surface area contributed by atoms with Gasteiger partial charge in [-0.1, -0.05) is 60.7 Å². The van der Waals surface area contributed by atoms with Gasteiger partial charge < -0.3 is 15.4 Å². The Kier molecular flexibility index (Phi) is 5.09. The van der Waals surface area contributed by atoms with E-state index in [1.807, 2.05) is 12.1 Å².